The zero-order chi connectivity index (χ0) is 11.4. The lowest BCUT2D eigenvalue weighted by Gasteiger charge is -2.12. The molecule has 80 valence electrons. The maximum atomic E-state index is 8.91. The first kappa shape index (κ1) is 10.6. The van der Waals surface area contributed by atoms with Crippen molar-refractivity contribution in [1.29, 1.82) is 5.26 Å². The number of nitrogens with one attached hydrogen (secondary N) is 1. The van der Waals surface area contributed by atoms with Crippen molar-refractivity contribution in [2.75, 3.05) is 5.32 Å². The molecule has 0 aliphatic rings. The Labute approximate surface area is 97.6 Å². The van der Waals surface area contributed by atoms with E-state index < -0.39 is 0 Å². The molecule has 5 heteroatoms. The van der Waals surface area contributed by atoms with Gasteiger partial charge in [0.1, 0.15) is 6.07 Å². The molecule has 0 aromatic carbocycles. The van der Waals surface area contributed by atoms with Gasteiger partial charge in [0.15, 0.2) is 5.82 Å². The van der Waals surface area contributed by atoms with Crippen molar-refractivity contribution in [3.8, 4) is 6.07 Å². The molecule has 0 aliphatic carbocycles. The molecule has 2 aromatic rings. The summed E-state index contributed by atoms with van der Waals surface area (Å²) in [5.74, 6) is 0.533. The van der Waals surface area contributed by atoms with Crippen molar-refractivity contribution in [2.45, 2.75) is 13.0 Å². The van der Waals surface area contributed by atoms with Crippen LogP contribution >= 0.6 is 11.3 Å². The van der Waals surface area contributed by atoms with Gasteiger partial charge < -0.3 is 5.32 Å². The third-order valence-electron chi connectivity index (χ3n) is 2.16. The van der Waals surface area contributed by atoms with Crippen LogP contribution in [0, 0.1) is 11.3 Å². The van der Waals surface area contributed by atoms with Crippen molar-refractivity contribution in [2.24, 2.45) is 0 Å². The van der Waals surface area contributed by atoms with Crippen LogP contribution in [-0.2, 0) is 0 Å². The van der Waals surface area contributed by atoms with Gasteiger partial charge in [0.2, 0.25) is 0 Å². The number of anilines is 1. The maximum Gasteiger partial charge on any atom is 0.167 e. The molecule has 0 amide bonds. The van der Waals surface area contributed by atoms with Gasteiger partial charge in [-0.1, -0.05) is 6.07 Å². The fraction of sp³-hybridized carbons (Fsp3) is 0.182. The number of hydrogen-bond acceptors (Lipinski definition) is 5. The normalized spacial score (nSPS) is 11.8. The molecular formula is C11H10N4S. The molecule has 16 heavy (non-hydrogen) atoms. The van der Waals surface area contributed by atoms with E-state index in [0.717, 1.165) is 0 Å². The Kier molecular flexibility index (Phi) is 3.13. The minimum Gasteiger partial charge on any atom is -0.360 e. The Balaban J connectivity index is 2.19. The topological polar surface area (TPSA) is 61.6 Å². The zero-order valence-corrected chi connectivity index (χ0v) is 9.53. The third kappa shape index (κ3) is 2.18. The van der Waals surface area contributed by atoms with Crippen molar-refractivity contribution in [1.82, 2.24) is 10.2 Å². The summed E-state index contributed by atoms with van der Waals surface area (Å²) >= 11 is 1.67. The fourth-order valence-corrected chi connectivity index (χ4v) is 2.08. The molecule has 0 saturated heterocycles. The Bertz CT molecular complexity index is 501. The van der Waals surface area contributed by atoms with Gasteiger partial charge in [-0.3, -0.25) is 0 Å². The molecule has 0 fully saturated rings. The van der Waals surface area contributed by atoms with E-state index in [0.29, 0.717) is 11.4 Å². The summed E-state index contributed by atoms with van der Waals surface area (Å²) in [6, 6.07) is 7.91. The molecule has 2 aromatic heterocycles. The minimum absolute atomic E-state index is 0.129. The molecule has 0 saturated carbocycles. The van der Waals surface area contributed by atoms with Gasteiger partial charge in [0.05, 0.1) is 17.8 Å². The zero-order valence-electron chi connectivity index (χ0n) is 8.71. The van der Waals surface area contributed by atoms with Crippen LogP contribution in [-0.4, -0.2) is 10.2 Å². The smallest absolute Gasteiger partial charge is 0.167 e. The van der Waals surface area contributed by atoms with Gasteiger partial charge in [0.25, 0.3) is 0 Å². The Morgan fingerprint density at radius 3 is 3.06 bits per heavy atom. The van der Waals surface area contributed by atoms with Crippen LogP contribution in [0.3, 0.4) is 0 Å². The highest BCUT2D eigenvalue weighted by atomic mass is 32.1. The summed E-state index contributed by atoms with van der Waals surface area (Å²) in [6.45, 7) is 2.03. The quantitative estimate of drug-likeness (QED) is 0.880. The lowest BCUT2D eigenvalue weighted by molar-refractivity contribution is 0.877. The average Bonchev–Trinajstić information content (AvgIpc) is 2.83. The third-order valence-corrected chi connectivity index (χ3v) is 3.22. The SMILES string of the molecule is CC(Nc1nnccc1C#N)c1cccs1. The van der Waals surface area contributed by atoms with E-state index in [2.05, 4.69) is 21.6 Å². The molecule has 1 unspecified atom stereocenters. The van der Waals surface area contributed by atoms with Crippen molar-refractivity contribution >= 4 is 17.2 Å². The number of nitrogens with zero attached hydrogens (tertiary/aromatic N) is 3. The Morgan fingerprint density at radius 1 is 1.50 bits per heavy atom. The van der Waals surface area contributed by atoms with Crippen LogP contribution in [0.25, 0.3) is 0 Å². The highest BCUT2D eigenvalue weighted by molar-refractivity contribution is 7.10. The van der Waals surface area contributed by atoms with E-state index in [4.69, 9.17) is 5.26 Å². The van der Waals surface area contributed by atoms with Gasteiger partial charge in [-0.05, 0) is 24.4 Å². The first-order valence-corrected chi connectivity index (χ1v) is 5.71. The lowest BCUT2D eigenvalue weighted by Crippen LogP contribution is -2.08. The molecule has 4 nitrogen and oxygen atoms in total. The Hall–Kier alpha value is -1.93. The summed E-state index contributed by atoms with van der Waals surface area (Å²) < 4.78 is 0. The summed E-state index contributed by atoms with van der Waals surface area (Å²) in [6.07, 6.45) is 1.51. The Morgan fingerprint density at radius 2 is 2.38 bits per heavy atom. The number of rotatable bonds is 3. The molecule has 2 heterocycles. The maximum absolute atomic E-state index is 8.91. The van der Waals surface area contributed by atoms with Crippen molar-refractivity contribution in [3.63, 3.8) is 0 Å². The lowest BCUT2D eigenvalue weighted by atomic mass is 10.2. The van der Waals surface area contributed by atoms with E-state index in [1.54, 1.807) is 17.4 Å². The van der Waals surface area contributed by atoms with Crippen LogP contribution in [0.1, 0.15) is 23.4 Å². The van der Waals surface area contributed by atoms with Gasteiger partial charge >= 0.3 is 0 Å². The summed E-state index contributed by atoms with van der Waals surface area (Å²) in [5, 5.41) is 21.8. The molecule has 0 bridgehead atoms. The second-order valence-corrected chi connectivity index (χ2v) is 4.27. The second kappa shape index (κ2) is 4.73. The molecular weight excluding hydrogens is 220 g/mol. The van der Waals surface area contributed by atoms with Crippen LogP contribution in [0.5, 0.6) is 0 Å². The average molecular weight is 230 g/mol. The number of nitriles is 1. The largest absolute Gasteiger partial charge is 0.360 e. The van der Waals surface area contributed by atoms with Crippen molar-refractivity contribution < 1.29 is 0 Å². The van der Waals surface area contributed by atoms with E-state index in [1.165, 1.54) is 11.1 Å². The van der Waals surface area contributed by atoms with E-state index in [1.807, 2.05) is 24.4 Å². The number of hydrogen-bond donors (Lipinski definition) is 1. The first-order chi connectivity index (χ1) is 7.81. The van der Waals surface area contributed by atoms with Gasteiger partial charge in [-0.25, -0.2) is 0 Å². The molecule has 0 radical (unpaired) electrons. The molecule has 0 spiro atoms. The number of thiophene rings is 1. The predicted octanol–water partition coefficient (Wildman–Crippen LogP) is 2.58. The molecule has 2 rings (SSSR count). The predicted molar refractivity (Wildman–Crippen MR) is 63.1 cm³/mol. The second-order valence-electron chi connectivity index (χ2n) is 3.29. The van der Waals surface area contributed by atoms with E-state index in [-0.39, 0.29) is 6.04 Å². The van der Waals surface area contributed by atoms with Crippen LogP contribution in [0.2, 0.25) is 0 Å². The highest BCUT2D eigenvalue weighted by Crippen LogP contribution is 2.22. The summed E-state index contributed by atoms with van der Waals surface area (Å²) in [7, 11) is 0. The molecule has 0 aliphatic heterocycles. The molecule has 1 atom stereocenters. The van der Waals surface area contributed by atoms with Gasteiger partial charge in [-0.15, -0.1) is 16.4 Å². The standard InChI is InChI=1S/C11H10N4S/c1-8(10-3-2-6-16-10)14-11-9(7-12)4-5-13-15-11/h2-6,8H,1H3,(H,14,15). The molecule has 1 N–H and O–H groups in total. The van der Waals surface area contributed by atoms with Gasteiger partial charge in [0, 0.05) is 4.88 Å². The summed E-state index contributed by atoms with van der Waals surface area (Å²) in [4.78, 5) is 1.20. The monoisotopic (exact) mass is 230 g/mol. The van der Waals surface area contributed by atoms with Crippen LogP contribution in [0.4, 0.5) is 5.82 Å². The highest BCUT2D eigenvalue weighted by Gasteiger charge is 2.09. The first-order valence-electron chi connectivity index (χ1n) is 4.83. The number of aromatic nitrogens is 2. The van der Waals surface area contributed by atoms with Crippen LogP contribution in [0.15, 0.2) is 29.8 Å². The van der Waals surface area contributed by atoms with Gasteiger partial charge in [-0.2, -0.15) is 10.4 Å². The summed E-state index contributed by atoms with van der Waals surface area (Å²) in [5.41, 5.74) is 0.512. The van der Waals surface area contributed by atoms with Crippen LogP contribution < -0.4 is 5.32 Å². The van der Waals surface area contributed by atoms with E-state index in [9.17, 15) is 0 Å². The fourth-order valence-electron chi connectivity index (χ4n) is 1.34. The van der Waals surface area contributed by atoms with Crippen molar-refractivity contribution in [3.05, 3.63) is 40.2 Å². The van der Waals surface area contributed by atoms with E-state index >= 15 is 0 Å². The minimum atomic E-state index is 0.129.